The molecule has 0 unspecified atom stereocenters. The van der Waals surface area contributed by atoms with Crippen LogP contribution in [0.2, 0.25) is 0 Å². The van der Waals surface area contributed by atoms with E-state index in [1.165, 1.54) is 19.2 Å². The molecule has 0 spiro atoms. The van der Waals surface area contributed by atoms with Crippen LogP contribution in [0, 0.1) is 0 Å². The molecule has 0 aliphatic heterocycles. The third-order valence-corrected chi connectivity index (χ3v) is 5.37. The minimum Gasteiger partial charge on any atom is -0.508 e. The van der Waals surface area contributed by atoms with Crippen LogP contribution >= 0.6 is 0 Å². The van der Waals surface area contributed by atoms with Crippen molar-refractivity contribution in [2.24, 2.45) is 0 Å². The molecule has 31 heavy (non-hydrogen) atoms. The molecular formula is C25H28O6. The second kappa shape index (κ2) is 10.7. The predicted octanol–water partition coefficient (Wildman–Crippen LogP) is 5.32. The number of phenolic OH excluding ortho intramolecular Hbond substituents is 2. The van der Waals surface area contributed by atoms with Crippen molar-refractivity contribution in [2.75, 3.05) is 7.11 Å². The van der Waals surface area contributed by atoms with E-state index in [2.05, 4.69) is 4.74 Å². The first-order valence-electron chi connectivity index (χ1n) is 10.6. The lowest BCUT2D eigenvalue weighted by atomic mass is 9.98. The number of carbonyl (C=O) groups excluding carboxylic acids is 1. The number of carbonyl (C=O) groups is 1. The fraction of sp³-hybridized carbons (Fsp3) is 0.360. The van der Waals surface area contributed by atoms with Gasteiger partial charge in [-0.05, 0) is 42.7 Å². The van der Waals surface area contributed by atoms with Crippen molar-refractivity contribution in [2.45, 2.75) is 51.4 Å². The average Bonchev–Trinajstić information content (AvgIpc) is 2.76. The van der Waals surface area contributed by atoms with Crippen LogP contribution in [0.3, 0.4) is 0 Å². The number of phenols is 2. The van der Waals surface area contributed by atoms with Gasteiger partial charge >= 0.3 is 5.97 Å². The number of benzene rings is 2. The van der Waals surface area contributed by atoms with Gasteiger partial charge in [-0.3, -0.25) is 9.59 Å². The Morgan fingerprint density at radius 1 is 0.903 bits per heavy atom. The Balaban J connectivity index is 1.71. The highest BCUT2D eigenvalue weighted by Crippen LogP contribution is 2.29. The number of hydrogen-bond donors (Lipinski definition) is 2. The summed E-state index contributed by atoms with van der Waals surface area (Å²) in [4.78, 5) is 24.3. The molecule has 3 aromatic rings. The first-order chi connectivity index (χ1) is 15.0. The molecule has 3 rings (SSSR count). The summed E-state index contributed by atoms with van der Waals surface area (Å²) in [5.41, 5.74) is 1.41. The third-order valence-electron chi connectivity index (χ3n) is 5.37. The first kappa shape index (κ1) is 22.4. The molecule has 0 bridgehead atoms. The van der Waals surface area contributed by atoms with Crippen LogP contribution in [0.5, 0.6) is 11.5 Å². The number of rotatable bonds is 10. The number of fused-ring (bicyclic) bond motifs is 1. The molecule has 0 saturated heterocycles. The Labute approximate surface area is 181 Å². The summed E-state index contributed by atoms with van der Waals surface area (Å²) in [5, 5.41) is 19.8. The smallest absolute Gasteiger partial charge is 0.305 e. The van der Waals surface area contributed by atoms with Crippen LogP contribution in [0.1, 0.15) is 50.7 Å². The van der Waals surface area contributed by atoms with Crippen LogP contribution < -0.4 is 5.43 Å². The second-order valence-corrected chi connectivity index (χ2v) is 7.65. The predicted molar refractivity (Wildman–Crippen MR) is 119 cm³/mol. The first-order valence-corrected chi connectivity index (χ1v) is 10.6. The van der Waals surface area contributed by atoms with Crippen LogP contribution in [-0.4, -0.2) is 23.3 Å². The van der Waals surface area contributed by atoms with E-state index in [4.69, 9.17) is 4.42 Å². The van der Waals surface area contributed by atoms with E-state index in [1.54, 1.807) is 30.3 Å². The van der Waals surface area contributed by atoms with Gasteiger partial charge < -0.3 is 19.4 Å². The fourth-order valence-electron chi connectivity index (χ4n) is 3.69. The van der Waals surface area contributed by atoms with Crippen molar-refractivity contribution in [1.29, 1.82) is 0 Å². The van der Waals surface area contributed by atoms with Crippen LogP contribution in [0.15, 0.2) is 51.7 Å². The molecule has 1 aromatic heterocycles. The second-order valence-electron chi connectivity index (χ2n) is 7.65. The van der Waals surface area contributed by atoms with Crippen molar-refractivity contribution in [3.63, 3.8) is 0 Å². The zero-order valence-electron chi connectivity index (χ0n) is 17.7. The number of aryl methyl sites for hydroxylation is 1. The van der Waals surface area contributed by atoms with Gasteiger partial charge in [0, 0.05) is 18.9 Å². The minimum absolute atomic E-state index is 0.0472. The molecule has 1 heterocycles. The van der Waals surface area contributed by atoms with Gasteiger partial charge in [-0.2, -0.15) is 0 Å². The molecule has 6 nitrogen and oxygen atoms in total. The van der Waals surface area contributed by atoms with E-state index in [0.29, 0.717) is 40.7 Å². The molecule has 2 N–H and O–H groups in total. The lowest BCUT2D eigenvalue weighted by Crippen LogP contribution is -2.09. The van der Waals surface area contributed by atoms with Crippen molar-refractivity contribution in [3.05, 3.63) is 58.4 Å². The van der Waals surface area contributed by atoms with Crippen LogP contribution in [-0.2, 0) is 16.0 Å². The standard InChI is InChI=1S/C25H28O6/c1-30-23(28)9-7-5-3-2-4-6-8-21-24(17-10-12-18(26)13-11-17)25(29)20-15-14-19(27)16-22(20)31-21/h10-16,26-27H,2-9H2,1H3. The summed E-state index contributed by atoms with van der Waals surface area (Å²) in [7, 11) is 1.40. The average molecular weight is 424 g/mol. The van der Waals surface area contributed by atoms with Gasteiger partial charge in [-0.15, -0.1) is 0 Å². The number of esters is 1. The highest BCUT2D eigenvalue weighted by molar-refractivity contribution is 5.83. The molecule has 0 saturated carbocycles. The van der Waals surface area contributed by atoms with Gasteiger partial charge in [0.15, 0.2) is 0 Å². The molecular weight excluding hydrogens is 396 g/mol. The summed E-state index contributed by atoms with van der Waals surface area (Å²) >= 11 is 0. The van der Waals surface area contributed by atoms with Gasteiger partial charge in [0.2, 0.25) is 5.43 Å². The monoisotopic (exact) mass is 424 g/mol. The molecule has 0 aliphatic carbocycles. The maximum Gasteiger partial charge on any atom is 0.305 e. The SMILES string of the molecule is COC(=O)CCCCCCCCc1oc2cc(O)ccc2c(=O)c1-c1ccc(O)cc1. The summed E-state index contributed by atoms with van der Waals surface area (Å²) in [6.07, 6.45) is 6.79. The molecule has 2 aromatic carbocycles. The Morgan fingerprint density at radius 2 is 1.55 bits per heavy atom. The number of unbranched alkanes of at least 4 members (excludes halogenated alkanes) is 5. The lowest BCUT2D eigenvalue weighted by Gasteiger charge is -2.11. The zero-order chi connectivity index (χ0) is 22.2. The van der Waals surface area contributed by atoms with Crippen LogP contribution in [0.4, 0.5) is 0 Å². The van der Waals surface area contributed by atoms with Crippen LogP contribution in [0.25, 0.3) is 22.1 Å². The van der Waals surface area contributed by atoms with E-state index in [-0.39, 0.29) is 22.9 Å². The van der Waals surface area contributed by atoms with E-state index in [0.717, 1.165) is 38.5 Å². The van der Waals surface area contributed by atoms with Crippen molar-refractivity contribution in [1.82, 2.24) is 0 Å². The number of ether oxygens (including phenoxy) is 1. The molecule has 0 fully saturated rings. The van der Waals surface area contributed by atoms with E-state index in [9.17, 15) is 19.8 Å². The number of methoxy groups -OCH3 is 1. The largest absolute Gasteiger partial charge is 0.508 e. The number of hydrogen-bond acceptors (Lipinski definition) is 6. The molecule has 6 heteroatoms. The maximum atomic E-state index is 13.2. The minimum atomic E-state index is -0.167. The topological polar surface area (TPSA) is 97.0 Å². The van der Waals surface area contributed by atoms with E-state index in [1.807, 2.05) is 0 Å². The van der Waals surface area contributed by atoms with E-state index >= 15 is 0 Å². The molecule has 0 amide bonds. The molecule has 164 valence electrons. The van der Waals surface area contributed by atoms with E-state index < -0.39 is 0 Å². The van der Waals surface area contributed by atoms with Gasteiger partial charge in [-0.25, -0.2) is 0 Å². The van der Waals surface area contributed by atoms with Gasteiger partial charge in [-0.1, -0.05) is 37.8 Å². The Hall–Kier alpha value is -3.28. The number of aromatic hydroxyl groups is 2. The highest BCUT2D eigenvalue weighted by atomic mass is 16.5. The van der Waals surface area contributed by atoms with Gasteiger partial charge in [0.1, 0.15) is 22.8 Å². The Bertz CT molecular complexity index is 1080. The summed E-state index contributed by atoms with van der Waals surface area (Å²) in [6.45, 7) is 0. The van der Waals surface area contributed by atoms with Crippen molar-refractivity contribution < 1.29 is 24.2 Å². The van der Waals surface area contributed by atoms with Gasteiger partial charge in [0.25, 0.3) is 0 Å². The molecule has 0 radical (unpaired) electrons. The lowest BCUT2D eigenvalue weighted by molar-refractivity contribution is -0.140. The Morgan fingerprint density at radius 3 is 2.26 bits per heavy atom. The third kappa shape index (κ3) is 5.87. The van der Waals surface area contributed by atoms with Crippen molar-refractivity contribution in [3.8, 4) is 22.6 Å². The highest BCUT2D eigenvalue weighted by Gasteiger charge is 2.16. The maximum absolute atomic E-state index is 13.2. The summed E-state index contributed by atoms with van der Waals surface area (Å²) in [6, 6.07) is 11.0. The zero-order valence-corrected chi connectivity index (χ0v) is 17.7. The van der Waals surface area contributed by atoms with Gasteiger partial charge in [0.05, 0.1) is 18.1 Å². The fourth-order valence-corrected chi connectivity index (χ4v) is 3.69. The Kier molecular flexibility index (Phi) is 7.70. The molecule has 0 atom stereocenters. The quantitative estimate of drug-likeness (QED) is 0.338. The summed E-state index contributed by atoms with van der Waals surface area (Å²) < 4.78 is 10.7. The summed E-state index contributed by atoms with van der Waals surface area (Å²) in [5.74, 6) is 0.595. The molecule has 0 aliphatic rings. The normalized spacial score (nSPS) is 11.0. The van der Waals surface area contributed by atoms with Crippen molar-refractivity contribution >= 4 is 16.9 Å².